The minimum absolute atomic E-state index is 0.0478. The van der Waals surface area contributed by atoms with Crippen molar-refractivity contribution in [1.82, 2.24) is 0 Å². The Kier molecular flexibility index (Phi) is 13.0. The molecule has 7 nitrogen and oxygen atoms in total. The highest BCUT2D eigenvalue weighted by Crippen LogP contribution is 2.28. The van der Waals surface area contributed by atoms with E-state index in [1.807, 2.05) is 19.1 Å². The van der Waals surface area contributed by atoms with Crippen LogP contribution in [0.5, 0.6) is 5.75 Å². The number of aryl methyl sites for hydroxylation is 1. The first kappa shape index (κ1) is 25.5. The van der Waals surface area contributed by atoms with Crippen LogP contribution in [0.1, 0.15) is 82.6 Å². The average molecular weight is 422 g/mol. The molecule has 0 unspecified atom stereocenters. The molecule has 0 bridgehead atoms. The molecule has 0 radical (unpaired) electrons. The zero-order chi connectivity index (χ0) is 22.2. The summed E-state index contributed by atoms with van der Waals surface area (Å²) in [6, 6.07) is 5.52. The minimum Gasteiger partial charge on any atom is -0.491 e. The standard InChI is InChI=1S/C23H35NO6/c1-18-12-10-13-19(30-17-11-16-22(28)29)23(18)24-20(25)14-8-6-4-2-3-5-7-9-15-21(26)27/h10,12-13H,2-9,11,14-17H2,1H3,(H,24,25)(H,26,27)(H,28,29). The number of ether oxygens (including phenoxy) is 1. The van der Waals surface area contributed by atoms with Gasteiger partial charge in [0, 0.05) is 19.3 Å². The quantitative estimate of drug-likeness (QED) is 0.299. The predicted molar refractivity (Wildman–Crippen MR) is 116 cm³/mol. The van der Waals surface area contributed by atoms with Crippen LogP contribution < -0.4 is 10.1 Å². The average Bonchev–Trinajstić information content (AvgIpc) is 2.68. The van der Waals surface area contributed by atoms with Crippen molar-refractivity contribution in [3.8, 4) is 5.75 Å². The van der Waals surface area contributed by atoms with E-state index in [4.69, 9.17) is 14.9 Å². The highest BCUT2D eigenvalue weighted by atomic mass is 16.5. The molecule has 0 saturated carbocycles. The van der Waals surface area contributed by atoms with Gasteiger partial charge in [-0.2, -0.15) is 0 Å². The van der Waals surface area contributed by atoms with Crippen LogP contribution in [0.3, 0.4) is 0 Å². The maximum atomic E-state index is 12.3. The number of hydrogen-bond donors (Lipinski definition) is 3. The topological polar surface area (TPSA) is 113 Å². The molecule has 0 aromatic heterocycles. The van der Waals surface area contributed by atoms with E-state index in [9.17, 15) is 14.4 Å². The summed E-state index contributed by atoms with van der Waals surface area (Å²) < 4.78 is 5.67. The number of benzene rings is 1. The van der Waals surface area contributed by atoms with Gasteiger partial charge in [0.15, 0.2) is 0 Å². The second kappa shape index (κ2) is 15.3. The first-order valence-electron chi connectivity index (χ1n) is 10.9. The van der Waals surface area contributed by atoms with Gasteiger partial charge >= 0.3 is 11.9 Å². The van der Waals surface area contributed by atoms with Gasteiger partial charge in [0.1, 0.15) is 5.75 Å². The number of unbranched alkanes of at least 4 members (excludes halogenated alkanes) is 7. The van der Waals surface area contributed by atoms with Gasteiger partial charge in [0.25, 0.3) is 0 Å². The van der Waals surface area contributed by atoms with E-state index >= 15 is 0 Å². The van der Waals surface area contributed by atoms with Crippen molar-refractivity contribution in [2.24, 2.45) is 0 Å². The van der Waals surface area contributed by atoms with E-state index in [-0.39, 0.29) is 25.4 Å². The number of carboxylic acids is 2. The monoisotopic (exact) mass is 421 g/mol. The number of nitrogens with one attached hydrogen (secondary N) is 1. The summed E-state index contributed by atoms with van der Waals surface area (Å²) in [5.41, 5.74) is 1.56. The molecule has 0 aliphatic heterocycles. The summed E-state index contributed by atoms with van der Waals surface area (Å²) in [5.74, 6) is -1.06. The zero-order valence-electron chi connectivity index (χ0n) is 18.0. The molecular formula is C23H35NO6. The third-order valence-electron chi connectivity index (χ3n) is 4.84. The Balaban J connectivity index is 2.23. The molecule has 0 spiro atoms. The van der Waals surface area contributed by atoms with Gasteiger partial charge in [-0.25, -0.2) is 0 Å². The van der Waals surface area contributed by atoms with Crippen molar-refractivity contribution >= 4 is 23.5 Å². The molecule has 3 N–H and O–H groups in total. The van der Waals surface area contributed by atoms with Crippen molar-refractivity contribution in [2.45, 2.75) is 84.0 Å². The van der Waals surface area contributed by atoms with Crippen LogP contribution in [0.25, 0.3) is 0 Å². The Morgan fingerprint density at radius 3 is 1.93 bits per heavy atom. The molecule has 7 heteroatoms. The number of carbonyl (C=O) groups excluding carboxylic acids is 1. The molecule has 0 aliphatic carbocycles. The van der Waals surface area contributed by atoms with Crippen LogP contribution in [0.2, 0.25) is 0 Å². The van der Waals surface area contributed by atoms with Gasteiger partial charge in [-0.05, 0) is 37.8 Å². The molecule has 1 amide bonds. The molecule has 1 aromatic carbocycles. The normalized spacial score (nSPS) is 10.6. The van der Waals surface area contributed by atoms with Crippen LogP contribution >= 0.6 is 0 Å². The highest BCUT2D eigenvalue weighted by Gasteiger charge is 2.11. The number of para-hydroxylation sites is 1. The highest BCUT2D eigenvalue weighted by molar-refractivity contribution is 5.93. The number of anilines is 1. The molecule has 168 valence electrons. The van der Waals surface area contributed by atoms with Crippen LogP contribution in [-0.2, 0) is 14.4 Å². The smallest absolute Gasteiger partial charge is 0.303 e. The van der Waals surface area contributed by atoms with E-state index < -0.39 is 11.9 Å². The first-order chi connectivity index (χ1) is 14.4. The molecule has 0 fully saturated rings. The van der Waals surface area contributed by atoms with E-state index in [1.54, 1.807) is 6.07 Å². The number of carbonyl (C=O) groups is 3. The van der Waals surface area contributed by atoms with Crippen LogP contribution in [0.15, 0.2) is 18.2 Å². The molecule has 1 rings (SSSR count). The molecule has 0 aliphatic rings. The van der Waals surface area contributed by atoms with Gasteiger partial charge in [0.2, 0.25) is 5.91 Å². The van der Waals surface area contributed by atoms with Crippen LogP contribution in [-0.4, -0.2) is 34.7 Å². The molecule has 1 aromatic rings. The van der Waals surface area contributed by atoms with Gasteiger partial charge in [-0.1, -0.05) is 50.7 Å². The van der Waals surface area contributed by atoms with Crippen molar-refractivity contribution in [1.29, 1.82) is 0 Å². The maximum absolute atomic E-state index is 12.3. The van der Waals surface area contributed by atoms with E-state index in [0.29, 0.717) is 24.3 Å². The molecular weight excluding hydrogens is 386 g/mol. The largest absolute Gasteiger partial charge is 0.491 e. The summed E-state index contributed by atoms with van der Waals surface area (Å²) >= 11 is 0. The second-order valence-corrected chi connectivity index (χ2v) is 7.56. The van der Waals surface area contributed by atoms with Gasteiger partial charge in [-0.15, -0.1) is 0 Å². The van der Waals surface area contributed by atoms with Crippen molar-refractivity contribution in [3.63, 3.8) is 0 Å². The fourth-order valence-corrected chi connectivity index (χ4v) is 3.15. The minimum atomic E-state index is -0.852. The third kappa shape index (κ3) is 12.1. The van der Waals surface area contributed by atoms with Crippen LogP contribution in [0, 0.1) is 6.92 Å². The first-order valence-corrected chi connectivity index (χ1v) is 10.9. The fourth-order valence-electron chi connectivity index (χ4n) is 3.15. The van der Waals surface area contributed by atoms with Gasteiger partial charge in [0.05, 0.1) is 12.3 Å². The van der Waals surface area contributed by atoms with E-state index in [0.717, 1.165) is 56.9 Å². The lowest BCUT2D eigenvalue weighted by atomic mass is 10.1. The molecule has 0 saturated heterocycles. The maximum Gasteiger partial charge on any atom is 0.303 e. The number of hydrogen-bond acceptors (Lipinski definition) is 4. The lowest BCUT2D eigenvalue weighted by molar-refractivity contribution is -0.138. The number of aliphatic carboxylic acids is 2. The summed E-state index contributed by atoms with van der Waals surface area (Å²) in [6.45, 7) is 2.19. The Morgan fingerprint density at radius 1 is 0.800 bits per heavy atom. The third-order valence-corrected chi connectivity index (χ3v) is 4.84. The van der Waals surface area contributed by atoms with E-state index in [2.05, 4.69) is 5.32 Å². The lowest BCUT2D eigenvalue weighted by Gasteiger charge is -2.14. The molecule has 30 heavy (non-hydrogen) atoms. The Morgan fingerprint density at radius 2 is 1.33 bits per heavy atom. The number of amides is 1. The van der Waals surface area contributed by atoms with Crippen molar-refractivity contribution < 1.29 is 29.3 Å². The number of rotatable bonds is 17. The van der Waals surface area contributed by atoms with E-state index in [1.165, 1.54) is 0 Å². The number of carboxylic acid groups (broad SMARTS) is 2. The fraction of sp³-hybridized carbons (Fsp3) is 0.609. The van der Waals surface area contributed by atoms with Gasteiger partial charge in [-0.3, -0.25) is 14.4 Å². The predicted octanol–water partition coefficient (Wildman–Crippen LogP) is 5.16. The SMILES string of the molecule is Cc1cccc(OCCCC(=O)O)c1NC(=O)CCCCCCCCCCC(=O)O. The molecule has 0 atom stereocenters. The summed E-state index contributed by atoms with van der Waals surface area (Å²) in [5, 5.41) is 20.2. The lowest BCUT2D eigenvalue weighted by Crippen LogP contribution is -2.13. The Labute approximate surface area is 178 Å². The summed E-state index contributed by atoms with van der Waals surface area (Å²) in [6.07, 6.45) is 9.07. The Hall–Kier alpha value is -2.57. The molecule has 0 heterocycles. The second-order valence-electron chi connectivity index (χ2n) is 7.56. The summed E-state index contributed by atoms with van der Waals surface area (Å²) in [7, 11) is 0. The Bertz CT molecular complexity index is 674. The van der Waals surface area contributed by atoms with Gasteiger partial charge < -0.3 is 20.3 Å². The van der Waals surface area contributed by atoms with Crippen LogP contribution in [0.4, 0.5) is 5.69 Å². The van der Waals surface area contributed by atoms with Crippen molar-refractivity contribution in [2.75, 3.05) is 11.9 Å². The zero-order valence-corrected chi connectivity index (χ0v) is 18.0. The summed E-state index contributed by atoms with van der Waals surface area (Å²) in [4.78, 5) is 33.3. The van der Waals surface area contributed by atoms with Crippen molar-refractivity contribution in [3.05, 3.63) is 23.8 Å².